The van der Waals surface area contributed by atoms with E-state index >= 15 is 0 Å². The highest BCUT2D eigenvalue weighted by Gasteiger charge is 2.13. The molecule has 0 radical (unpaired) electrons. The van der Waals surface area contributed by atoms with Crippen LogP contribution in [-0.4, -0.2) is 37.9 Å². The van der Waals surface area contributed by atoms with Crippen LogP contribution in [0, 0.1) is 0 Å². The van der Waals surface area contributed by atoms with Crippen LogP contribution in [0.3, 0.4) is 0 Å². The first-order valence-electron chi connectivity index (χ1n) is 7.25. The summed E-state index contributed by atoms with van der Waals surface area (Å²) in [4.78, 5) is 34.0. The molecular formula is C16H17NO7. The van der Waals surface area contributed by atoms with Crippen LogP contribution in [0.15, 0.2) is 30.4 Å². The van der Waals surface area contributed by atoms with E-state index in [0.29, 0.717) is 11.5 Å². The predicted octanol–water partition coefficient (Wildman–Crippen LogP) is 0.694. The Balaban J connectivity index is 1.70. The molecule has 0 saturated carbocycles. The number of fused-ring (bicyclic) bond motifs is 1. The molecule has 128 valence electrons. The number of carbonyl (C=O) groups is 3. The van der Waals surface area contributed by atoms with Crippen molar-refractivity contribution in [3.63, 3.8) is 0 Å². The molecule has 0 spiro atoms. The second-order valence-electron chi connectivity index (χ2n) is 4.66. The maximum Gasteiger partial charge on any atom is 0.331 e. The van der Waals surface area contributed by atoms with Crippen LogP contribution >= 0.6 is 0 Å². The second-order valence-corrected chi connectivity index (χ2v) is 4.66. The number of ether oxygens (including phenoxy) is 4. The van der Waals surface area contributed by atoms with E-state index in [0.717, 1.165) is 17.7 Å². The van der Waals surface area contributed by atoms with Gasteiger partial charge in [0.2, 0.25) is 6.79 Å². The minimum absolute atomic E-state index is 0.181. The van der Waals surface area contributed by atoms with E-state index in [-0.39, 0.29) is 19.9 Å². The van der Waals surface area contributed by atoms with Crippen molar-refractivity contribution in [2.24, 2.45) is 0 Å². The van der Waals surface area contributed by atoms with Crippen LogP contribution in [0.1, 0.15) is 12.5 Å². The smallest absolute Gasteiger partial charge is 0.331 e. The molecule has 1 aliphatic rings. The lowest BCUT2D eigenvalue weighted by molar-refractivity contribution is -0.144. The summed E-state index contributed by atoms with van der Waals surface area (Å²) in [6, 6.07) is 5.31. The van der Waals surface area contributed by atoms with Gasteiger partial charge in [0, 0.05) is 18.7 Å². The second kappa shape index (κ2) is 8.56. The highest BCUT2D eigenvalue weighted by Crippen LogP contribution is 2.32. The van der Waals surface area contributed by atoms with E-state index in [9.17, 15) is 14.4 Å². The number of hydrogen-bond donors (Lipinski definition) is 1. The summed E-state index contributed by atoms with van der Waals surface area (Å²) in [7, 11) is 0. The van der Waals surface area contributed by atoms with Crippen molar-refractivity contribution in [3.05, 3.63) is 35.9 Å². The van der Waals surface area contributed by atoms with Gasteiger partial charge in [-0.3, -0.25) is 4.79 Å². The first-order chi connectivity index (χ1) is 11.6. The molecule has 0 bridgehead atoms. The van der Waals surface area contributed by atoms with E-state index in [1.807, 2.05) is 0 Å². The van der Waals surface area contributed by atoms with Crippen molar-refractivity contribution >= 4 is 17.8 Å². The number of rotatable bonds is 7. The number of carbonyl (C=O) groups excluding carboxylic acids is 3. The van der Waals surface area contributed by atoms with Gasteiger partial charge in [0.05, 0.1) is 6.61 Å². The van der Waals surface area contributed by atoms with Gasteiger partial charge in [0.1, 0.15) is 0 Å². The topological polar surface area (TPSA) is 100 Å². The fraction of sp³-hybridized carbons (Fsp3) is 0.312. The molecule has 0 unspecified atom stereocenters. The minimum Gasteiger partial charge on any atom is -0.463 e. The average Bonchev–Trinajstić information content (AvgIpc) is 3.04. The standard InChI is InChI=1S/C16H17NO7/c1-2-21-15(19)5-6-16(20)22-9-14(18)17-8-11-3-4-12-13(7-11)24-10-23-12/h3-7H,2,8-10H2,1H3,(H,17,18)/b6-5+. The van der Waals surface area contributed by atoms with Crippen molar-refractivity contribution in [2.45, 2.75) is 13.5 Å². The fourth-order valence-corrected chi connectivity index (χ4v) is 1.81. The van der Waals surface area contributed by atoms with Gasteiger partial charge in [-0.15, -0.1) is 0 Å². The molecule has 1 aromatic carbocycles. The lowest BCUT2D eigenvalue weighted by atomic mass is 10.2. The van der Waals surface area contributed by atoms with E-state index in [1.165, 1.54) is 0 Å². The molecule has 0 aromatic heterocycles. The van der Waals surface area contributed by atoms with Crippen LogP contribution in [-0.2, 0) is 30.4 Å². The Kier molecular flexibility index (Phi) is 6.18. The van der Waals surface area contributed by atoms with Gasteiger partial charge < -0.3 is 24.3 Å². The molecule has 8 nitrogen and oxygen atoms in total. The monoisotopic (exact) mass is 335 g/mol. The van der Waals surface area contributed by atoms with E-state index in [4.69, 9.17) is 14.2 Å². The Hall–Kier alpha value is -3.03. The number of esters is 2. The number of benzene rings is 1. The van der Waals surface area contributed by atoms with Gasteiger partial charge in [0.15, 0.2) is 18.1 Å². The normalized spacial score (nSPS) is 12.0. The van der Waals surface area contributed by atoms with Crippen LogP contribution in [0.2, 0.25) is 0 Å². The van der Waals surface area contributed by atoms with Crippen molar-refractivity contribution in [2.75, 3.05) is 20.0 Å². The molecule has 1 heterocycles. The van der Waals surface area contributed by atoms with Gasteiger partial charge in [-0.25, -0.2) is 9.59 Å². The Labute approximate surface area is 138 Å². The number of hydrogen-bond acceptors (Lipinski definition) is 7. The summed E-state index contributed by atoms with van der Waals surface area (Å²) in [5.74, 6) is -0.641. The lowest BCUT2D eigenvalue weighted by Crippen LogP contribution is -2.28. The molecule has 8 heteroatoms. The summed E-state index contributed by atoms with van der Waals surface area (Å²) < 4.78 is 19.7. The highest BCUT2D eigenvalue weighted by atomic mass is 16.7. The largest absolute Gasteiger partial charge is 0.463 e. The quantitative estimate of drug-likeness (QED) is 0.578. The Morgan fingerprint density at radius 2 is 1.83 bits per heavy atom. The summed E-state index contributed by atoms with van der Waals surface area (Å²) in [5, 5.41) is 2.60. The summed E-state index contributed by atoms with van der Waals surface area (Å²) in [5.41, 5.74) is 0.820. The first-order valence-corrected chi connectivity index (χ1v) is 7.25. The molecule has 1 aromatic rings. The maximum absolute atomic E-state index is 11.6. The summed E-state index contributed by atoms with van der Waals surface area (Å²) >= 11 is 0. The summed E-state index contributed by atoms with van der Waals surface area (Å²) in [6.45, 7) is 1.84. The summed E-state index contributed by atoms with van der Waals surface area (Å²) in [6.07, 6.45) is 1.85. The van der Waals surface area contributed by atoms with Crippen molar-refractivity contribution in [1.29, 1.82) is 0 Å². The van der Waals surface area contributed by atoms with Gasteiger partial charge in [-0.1, -0.05) is 6.07 Å². The molecule has 1 N–H and O–H groups in total. The molecule has 0 aliphatic carbocycles. The zero-order valence-corrected chi connectivity index (χ0v) is 13.1. The van der Waals surface area contributed by atoms with Gasteiger partial charge >= 0.3 is 11.9 Å². The minimum atomic E-state index is -0.804. The third-order valence-corrected chi connectivity index (χ3v) is 2.91. The number of amides is 1. The molecular weight excluding hydrogens is 318 g/mol. The molecule has 0 atom stereocenters. The Morgan fingerprint density at radius 3 is 2.58 bits per heavy atom. The highest BCUT2D eigenvalue weighted by molar-refractivity contribution is 5.92. The SMILES string of the molecule is CCOC(=O)/C=C/C(=O)OCC(=O)NCc1ccc2c(c1)OCO2. The van der Waals surface area contributed by atoms with Crippen molar-refractivity contribution < 1.29 is 33.3 Å². The predicted molar refractivity (Wildman–Crippen MR) is 81.1 cm³/mol. The Morgan fingerprint density at radius 1 is 1.12 bits per heavy atom. The van der Waals surface area contributed by atoms with E-state index in [1.54, 1.807) is 25.1 Å². The lowest BCUT2D eigenvalue weighted by Gasteiger charge is -2.06. The molecule has 0 fully saturated rings. The van der Waals surface area contributed by atoms with Gasteiger partial charge in [-0.2, -0.15) is 0 Å². The van der Waals surface area contributed by atoms with Crippen molar-refractivity contribution in [1.82, 2.24) is 5.32 Å². The fourth-order valence-electron chi connectivity index (χ4n) is 1.81. The molecule has 2 rings (SSSR count). The van der Waals surface area contributed by atoms with Gasteiger partial charge in [0.25, 0.3) is 5.91 Å². The molecule has 1 amide bonds. The van der Waals surface area contributed by atoms with Crippen LogP contribution in [0.5, 0.6) is 11.5 Å². The van der Waals surface area contributed by atoms with E-state index < -0.39 is 24.5 Å². The van der Waals surface area contributed by atoms with Crippen molar-refractivity contribution in [3.8, 4) is 11.5 Å². The Bertz CT molecular complexity index is 654. The van der Waals surface area contributed by atoms with Crippen LogP contribution in [0.25, 0.3) is 0 Å². The van der Waals surface area contributed by atoms with Crippen LogP contribution in [0.4, 0.5) is 0 Å². The van der Waals surface area contributed by atoms with E-state index in [2.05, 4.69) is 10.1 Å². The third kappa shape index (κ3) is 5.31. The first kappa shape index (κ1) is 17.3. The zero-order chi connectivity index (χ0) is 17.4. The third-order valence-electron chi connectivity index (χ3n) is 2.91. The molecule has 1 aliphatic heterocycles. The maximum atomic E-state index is 11.6. The molecule has 0 saturated heterocycles. The zero-order valence-electron chi connectivity index (χ0n) is 13.1. The molecule has 24 heavy (non-hydrogen) atoms. The van der Waals surface area contributed by atoms with Crippen LogP contribution < -0.4 is 14.8 Å². The number of nitrogens with one attached hydrogen (secondary N) is 1. The average molecular weight is 335 g/mol. The van der Waals surface area contributed by atoms with Gasteiger partial charge in [-0.05, 0) is 24.6 Å².